The highest BCUT2D eigenvalue weighted by Crippen LogP contribution is 2.40. The van der Waals surface area contributed by atoms with Crippen molar-refractivity contribution in [1.29, 1.82) is 0 Å². The van der Waals surface area contributed by atoms with E-state index in [1.165, 1.54) is 48.8 Å². The van der Waals surface area contributed by atoms with Gasteiger partial charge in [-0.15, -0.1) is 11.3 Å². The average molecular weight is 625 g/mol. The summed E-state index contributed by atoms with van der Waals surface area (Å²) in [5.74, 6) is -2.12. The molecule has 1 atom stereocenters. The predicted molar refractivity (Wildman–Crippen MR) is 168 cm³/mol. The van der Waals surface area contributed by atoms with E-state index in [1.54, 1.807) is 52.6 Å². The molecule has 11 heteroatoms. The second kappa shape index (κ2) is 13.1. The number of halogens is 2. The van der Waals surface area contributed by atoms with E-state index in [0.29, 0.717) is 29.9 Å². The van der Waals surface area contributed by atoms with Gasteiger partial charge in [0.1, 0.15) is 23.4 Å². The van der Waals surface area contributed by atoms with E-state index in [-0.39, 0.29) is 34.4 Å². The third-order valence-electron chi connectivity index (χ3n) is 7.04. The number of rotatable bonds is 9. The normalized spacial score (nSPS) is 13.9. The van der Waals surface area contributed by atoms with Gasteiger partial charge in [-0.1, -0.05) is 24.3 Å². The number of thiophene rings is 1. The quantitative estimate of drug-likeness (QED) is 0.165. The number of aromatic nitrogens is 1. The minimum Gasteiger partial charge on any atom is -0.454 e. The van der Waals surface area contributed by atoms with Gasteiger partial charge in [-0.25, -0.2) is 8.78 Å². The SMILES string of the molecule is O=C(Nc1ccc(Oc2ccnc(C(=O)NCCc3cccs3)c2)c(F)c1)C1=CN(c2ccc(F)cc2)c2ccccc2C1O. The highest BCUT2D eigenvalue weighted by Gasteiger charge is 2.30. The van der Waals surface area contributed by atoms with Gasteiger partial charge >= 0.3 is 0 Å². The van der Waals surface area contributed by atoms with Gasteiger partial charge in [-0.3, -0.25) is 14.6 Å². The molecule has 3 aromatic carbocycles. The highest BCUT2D eigenvalue weighted by molar-refractivity contribution is 7.09. The van der Waals surface area contributed by atoms with Gasteiger partial charge < -0.3 is 25.4 Å². The standard InChI is InChI=1S/C34H26F2N4O4S/c35-21-7-10-23(11-8-21)40-20-27(32(41)26-5-1-2-6-30(26)40)33(42)39-22-9-12-31(28(36)18-22)44-24-13-15-37-29(19-24)34(43)38-16-14-25-4-3-17-45-25/h1-13,15,17-20,32,41H,14,16H2,(H,38,43)(H,39,42). The van der Waals surface area contributed by atoms with Gasteiger partial charge in [0.2, 0.25) is 0 Å². The monoisotopic (exact) mass is 624 g/mol. The lowest BCUT2D eigenvalue weighted by molar-refractivity contribution is -0.113. The minimum absolute atomic E-state index is 0.0109. The Morgan fingerprint density at radius 3 is 2.56 bits per heavy atom. The number of nitrogens with zero attached hydrogens (tertiary/aromatic N) is 2. The number of carbonyl (C=O) groups excluding carboxylic acids is 2. The summed E-state index contributed by atoms with van der Waals surface area (Å²) in [6, 6.07) is 23.5. The molecule has 0 saturated heterocycles. The van der Waals surface area contributed by atoms with Gasteiger partial charge in [0.25, 0.3) is 11.8 Å². The first-order valence-corrected chi connectivity index (χ1v) is 14.8. The van der Waals surface area contributed by atoms with Crippen LogP contribution in [0.2, 0.25) is 0 Å². The summed E-state index contributed by atoms with van der Waals surface area (Å²) < 4.78 is 34.4. The molecule has 0 fully saturated rings. The van der Waals surface area contributed by atoms with Crippen LogP contribution < -0.4 is 20.3 Å². The fourth-order valence-electron chi connectivity index (χ4n) is 4.82. The van der Waals surface area contributed by atoms with Crippen LogP contribution in [0.5, 0.6) is 11.5 Å². The van der Waals surface area contributed by atoms with Crippen LogP contribution in [-0.2, 0) is 11.2 Å². The van der Waals surface area contributed by atoms with Gasteiger partial charge in [0, 0.05) is 52.9 Å². The van der Waals surface area contributed by atoms with Crippen molar-refractivity contribution in [2.75, 3.05) is 16.8 Å². The highest BCUT2D eigenvalue weighted by atomic mass is 32.1. The Bertz CT molecular complexity index is 1880. The Morgan fingerprint density at radius 1 is 0.956 bits per heavy atom. The topological polar surface area (TPSA) is 104 Å². The lowest BCUT2D eigenvalue weighted by atomic mass is 9.95. The zero-order valence-electron chi connectivity index (χ0n) is 23.6. The fraction of sp³-hybridized carbons (Fsp3) is 0.0882. The Hall–Kier alpha value is -5.39. The van der Waals surface area contributed by atoms with E-state index in [4.69, 9.17) is 4.74 Å². The molecule has 1 aliphatic rings. The molecule has 226 valence electrons. The molecule has 1 aliphatic heterocycles. The second-order valence-electron chi connectivity index (χ2n) is 10.1. The molecule has 0 aliphatic carbocycles. The number of pyridine rings is 1. The average Bonchev–Trinajstić information content (AvgIpc) is 3.57. The number of amides is 2. The number of aliphatic hydroxyl groups is 1. The summed E-state index contributed by atoms with van der Waals surface area (Å²) in [6.07, 6.45) is 2.32. The third kappa shape index (κ3) is 6.74. The minimum atomic E-state index is -1.25. The molecule has 0 saturated carbocycles. The summed E-state index contributed by atoms with van der Waals surface area (Å²) >= 11 is 1.61. The largest absolute Gasteiger partial charge is 0.454 e. The summed E-state index contributed by atoms with van der Waals surface area (Å²) in [5, 5.41) is 18.5. The van der Waals surface area contributed by atoms with Crippen molar-refractivity contribution in [2.45, 2.75) is 12.5 Å². The van der Waals surface area contributed by atoms with Crippen molar-refractivity contribution in [3.8, 4) is 11.5 Å². The molecule has 2 amide bonds. The van der Waals surface area contributed by atoms with Crippen LogP contribution in [-0.4, -0.2) is 28.4 Å². The maximum absolute atomic E-state index is 15.1. The van der Waals surface area contributed by atoms with Crippen molar-refractivity contribution in [3.05, 3.63) is 142 Å². The Kier molecular flexibility index (Phi) is 8.63. The summed E-state index contributed by atoms with van der Waals surface area (Å²) in [7, 11) is 0. The molecule has 3 heterocycles. The predicted octanol–water partition coefficient (Wildman–Crippen LogP) is 6.89. The van der Waals surface area contributed by atoms with Crippen LogP contribution >= 0.6 is 11.3 Å². The first-order valence-electron chi connectivity index (χ1n) is 13.9. The summed E-state index contributed by atoms with van der Waals surface area (Å²) in [4.78, 5) is 32.8. The van der Waals surface area contributed by atoms with E-state index in [9.17, 15) is 19.1 Å². The molecule has 6 rings (SSSR count). The van der Waals surface area contributed by atoms with E-state index in [0.717, 1.165) is 10.9 Å². The summed E-state index contributed by atoms with van der Waals surface area (Å²) in [6.45, 7) is 0.443. The lowest BCUT2D eigenvalue weighted by Crippen LogP contribution is -2.27. The second-order valence-corrected chi connectivity index (χ2v) is 11.1. The first kappa shape index (κ1) is 29.7. The van der Waals surface area contributed by atoms with Crippen LogP contribution in [0.1, 0.15) is 27.0 Å². The molecule has 5 aromatic rings. The number of para-hydroxylation sites is 1. The number of hydrogen-bond donors (Lipinski definition) is 3. The maximum atomic E-state index is 15.1. The van der Waals surface area contributed by atoms with E-state index in [1.807, 2.05) is 17.5 Å². The smallest absolute Gasteiger partial charge is 0.270 e. The van der Waals surface area contributed by atoms with Crippen LogP contribution in [0.4, 0.5) is 25.8 Å². The number of benzene rings is 3. The Labute approximate surface area is 261 Å². The number of ether oxygens (including phenoxy) is 1. The molecule has 8 nitrogen and oxygen atoms in total. The van der Waals surface area contributed by atoms with Gasteiger partial charge in [-0.05, 0) is 66.4 Å². The van der Waals surface area contributed by atoms with Gasteiger partial charge in [-0.2, -0.15) is 0 Å². The van der Waals surface area contributed by atoms with E-state index >= 15 is 4.39 Å². The van der Waals surface area contributed by atoms with Crippen molar-refractivity contribution in [2.24, 2.45) is 0 Å². The first-order chi connectivity index (χ1) is 21.9. The number of hydrogen-bond acceptors (Lipinski definition) is 7. The van der Waals surface area contributed by atoms with Crippen molar-refractivity contribution >= 4 is 40.2 Å². The number of nitrogens with one attached hydrogen (secondary N) is 2. The molecule has 45 heavy (non-hydrogen) atoms. The molecule has 0 radical (unpaired) electrons. The molecule has 0 bridgehead atoms. The molecule has 1 unspecified atom stereocenters. The number of carbonyl (C=O) groups is 2. The zero-order valence-corrected chi connectivity index (χ0v) is 24.4. The summed E-state index contributed by atoms with van der Waals surface area (Å²) in [5.41, 5.74) is 1.97. The van der Waals surface area contributed by atoms with Crippen LogP contribution in [0.3, 0.4) is 0 Å². The van der Waals surface area contributed by atoms with Crippen molar-refractivity contribution in [3.63, 3.8) is 0 Å². The number of aliphatic hydroxyl groups excluding tert-OH is 1. The molecular formula is C34H26F2N4O4S. The Morgan fingerprint density at radius 2 is 1.78 bits per heavy atom. The van der Waals surface area contributed by atoms with E-state index in [2.05, 4.69) is 15.6 Å². The Balaban J connectivity index is 1.14. The molecule has 0 spiro atoms. The zero-order chi connectivity index (χ0) is 31.3. The van der Waals surface area contributed by atoms with Crippen molar-refractivity contribution in [1.82, 2.24) is 10.3 Å². The molecular weight excluding hydrogens is 598 g/mol. The fourth-order valence-corrected chi connectivity index (χ4v) is 5.53. The van der Waals surface area contributed by atoms with Gasteiger partial charge in [0.05, 0.1) is 11.3 Å². The molecule has 3 N–H and O–H groups in total. The molecule has 2 aromatic heterocycles. The van der Waals surface area contributed by atoms with Gasteiger partial charge in [0.15, 0.2) is 11.6 Å². The maximum Gasteiger partial charge on any atom is 0.270 e. The van der Waals surface area contributed by atoms with E-state index < -0.39 is 23.6 Å². The van der Waals surface area contributed by atoms with Crippen LogP contribution in [0.25, 0.3) is 0 Å². The van der Waals surface area contributed by atoms with Crippen LogP contribution in [0, 0.1) is 11.6 Å². The van der Waals surface area contributed by atoms with Crippen LogP contribution in [0.15, 0.2) is 114 Å². The van der Waals surface area contributed by atoms with Crippen molar-refractivity contribution < 1.29 is 28.2 Å². The number of anilines is 3. The lowest BCUT2D eigenvalue weighted by Gasteiger charge is -2.32. The third-order valence-corrected chi connectivity index (χ3v) is 7.98. The number of fused-ring (bicyclic) bond motifs is 1.